The molecule has 0 radical (unpaired) electrons. The minimum atomic E-state index is -1.00. The first kappa shape index (κ1) is 15.5. The van der Waals surface area contributed by atoms with Crippen LogP contribution in [0.2, 0.25) is 0 Å². The summed E-state index contributed by atoms with van der Waals surface area (Å²) in [6, 6.07) is 11.3. The molecule has 0 amide bonds. The molecular weight excluding hydrogens is 306 g/mol. The fourth-order valence-corrected chi connectivity index (χ4v) is 2.01. The number of nitrogens with one attached hydrogen (secondary N) is 1. The maximum atomic E-state index is 11.0. The van der Waals surface area contributed by atoms with Crippen molar-refractivity contribution >= 4 is 40.8 Å². The van der Waals surface area contributed by atoms with E-state index in [1.165, 1.54) is 18.5 Å². The minimum Gasteiger partial charge on any atom is -0.508 e. The van der Waals surface area contributed by atoms with Crippen molar-refractivity contribution in [3.05, 3.63) is 54.4 Å². The molecule has 0 aliphatic rings. The highest BCUT2D eigenvalue weighted by Crippen LogP contribution is 2.25. The summed E-state index contributed by atoms with van der Waals surface area (Å²) in [4.78, 5) is 19.2. The summed E-state index contributed by atoms with van der Waals surface area (Å²) in [5.74, 6) is -0.313. The number of phenols is 1. The Hall–Kier alpha value is -2.86. The summed E-state index contributed by atoms with van der Waals surface area (Å²) >= 11 is 0. The molecule has 2 aromatic carbocycles. The van der Waals surface area contributed by atoms with Gasteiger partial charge in [-0.15, -0.1) is 12.4 Å². The van der Waals surface area contributed by atoms with E-state index in [0.29, 0.717) is 22.4 Å². The summed E-state index contributed by atoms with van der Waals surface area (Å²) in [6.07, 6.45) is 1.36. The van der Waals surface area contributed by atoms with E-state index in [0.717, 1.165) is 0 Å². The normalized spacial score (nSPS) is 10.0. The second kappa shape index (κ2) is 6.28. The van der Waals surface area contributed by atoms with Gasteiger partial charge in [-0.05, 0) is 30.3 Å². The first-order chi connectivity index (χ1) is 10.1. The number of carboxylic acids is 1. The average molecular weight is 318 g/mol. The number of fused-ring (bicyclic) bond motifs is 1. The van der Waals surface area contributed by atoms with Crippen LogP contribution in [-0.2, 0) is 0 Å². The van der Waals surface area contributed by atoms with Crippen LogP contribution in [0.1, 0.15) is 10.4 Å². The first-order valence-electron chi connectivity index (χ1n) is 6.17. The highest BCUT2D eigenvalue weighted by atomic mass is 35.5. The molecule has 3 rings (SSSR count). The summed E-state index contributed by atoms with van der Waals surface area (Å²) in [6.45, 7) is 0. The number of phenolic OH excluding ortho intramolecular Hbond substituents is 1. The number of benzene rings is 2. The molecule has 0 unspecified atom stereocenters. The Balaban J connectivity index is 0.00000176. The third kappa shape index (κ3) is 3.07. The standard InChI is InChI=1S/C15H11N3O3.ClH/c19-11-3-1-2-10(7-11)18-14-12-5-4-9(15(20)21)6-13(12)16-8-17-14;/h1-8,19H,(H,20,21)(H,16,17,18);1H. The van der Waals surface area contributed by atoms with Gasteiger partial charge in [-0.1, -0.05) is 6.07 Å². The second-order valence-electron chi connectivity index (χ2n) is 4.43. The number of aromatic hydroxyl groups is 1. The van der Waals surface area contributed by atoms with Crippen LogP contribution in [0.15, 0.2) is 48.8 Å². The number of halogens is 1. The van der Waals surface area contributed by atoms with E-state index in [2.05, 4.69) is 15.3 Å². The number of carboxylic acid groups (broad SMARTS) is 1. The topological polar surface area (TPSA) is 95.3 Å². The molecule has 22 heavy (non-hydrogen) atoms. The zero-order valence-electron chi connectivity index (χ0n) is 11.2. The monoisotopic (exact) mass is 317 g/mol. The average Bonchev–Trinajstić information content (AvgIpc) is 2.47. The number of aromatic carboxylic acids is 1. The van der Waals surface area contributed by atoms with Crippen LogP contribution in [-0.4, -0.2) is 26.2 Å². The van der Waals surface area contributed by atoms with Crippen LogP contribution < -0.4 is 5.32 Å². The van der Waals surface area contributed by atoms with Gasteiger partial charge in [0.05, 0.1) is 11.1 Å². The van der Waals surface area contributed by atoms with E-state index in [-0.39, 0.29) is 23.7 Å². The SMILES string of the molecule is Cl.O=C(O)c1ccc2c(Nc3cccc(O)c3)ncnc2c1. The van der Waals surface area contributed by atoms with Crippen molar-refractivity contribution in [1.29, 1.82) is 0 Å². The van der Waals surface area contributed by atoms with Gasteiger partial charge in [0.15, 0.2) is 0 Å². The summed E-state index contributed by atoms with van der Waals surface area (Å²) < 4.78 is 0. The van der Waals surface area contributed by atoms with Crippen LogP contribution in [0.3, 0.4) is 0 Å². The van der Waals surface area contributed by atoms with Crippen molar-refractivity contribution in [3.63, 3.8) is 0 Å². The molecular formula is C15H12ClN3O3. The third-order valence-corrected chi connectivity index (χ3v) is 2.99. The Morgan fingerprint density at radius 3 is 2.64 bits per heavy atom. The smallest absolute Gasteiger partial charge is 0.335 e. The zero-order chi connectivity index (χ0) is 14.8. The molecule has 6 nitrogen and oxygen atoms in total. The molecule has 0 aliphatic heterocycles. The van der Waals surface area contributed by atoms with E-state index in [1.54, 1.807) is 30.3 Å². The van der Waals surface area contributed by atoms with E-state index in [4.69, 9.17) is 5.11 Å². The third-order valence-electron chi connectivity index (χ3n) is 2.99. The molecule has 3 aromatic rings. The van der Waals surface area contributed by atoms with Crippen LogP contribution in [0.25, 0.3) is 10.9 Å². The molecule has 0 atom stereocenters. The summed E-state index contributed by atoms with van der Waals surface area (Å²) in [5, 5.41) is 22.2. The van der Waals surface area contributed by atoms with Crippen molar-refractivity contribution in [2.45, 2.75) is 0 Å². The molecule has 3 N–H and O–H groups in total. The maximum absolute atomic E-state index is 11.0. The maximum Gasteiger partial charge on any atom is 0.335 e. The van der Waals surface area contributed by atoms with Gasteiger partial charge in [-0.2, -0.15) is 0 Å². The summed E-state index contributed by atoms with van der Waals surface area (Å²) in [5.41, 5.74) is 1.38. The van der Waals surface area contributed by atoms with Crippen LogP contribution >= 0.6 is 12.4 Å². The van der Waals surface area contributed by atoms with Gasteiger partial charge < -0.3 is 15.5 Å². The quantitative estimate of drug-likeness (QED) is 0.686. The van der Waals surface area contributed by atoms with Gasteiger partial charge in [0.2, 0.25) is 0 Å². The van der Waals surface area contributed by atoms with Gasteiger partial charge in [0, 0.05) is 17.1 Å². The van der Waals surface area contributed by atoms with Crippen molar-refractivity contribution in [3.8, 4) is 5.75 Å². The number of hydrogen-bond donors (Lipinski definition) is 3. The minimum absolute atomic E-state index is 0. The number of anilines is 2. The predicted octanol–water partition coefficient (Wildman–Crippen LogP) is 3.20. The van der Waals surface area contributed by atoms with Gasteiger partial charge in [-0.3, -0.25) is 0 Å². The highest BCUT2D eigenvalue weighted by Gasteiger charge is 2.08. The fraction of sp³-hybridized carbons (Fsp3) is 0. The van der Waals surface area contributed by atoms with Gasteiger partial charge in [0.1, 0.15) is 17.9 Å². The Morgan fingerprint density at radius 2 is 1.91 bits per heavy atom. The lowest BCUT2D eigenvalue weighted by Gasteiger charge is -2.08. The lowest BCUT2D eigenvalue weighted by molar-refractivity contribution is 0.0697. The van der Waals surface area contributed by atoms with E-state index in [1.807, 2.05) is 0 Å². The lowest BCUT2D eigenvalue weighted by Crippen LogP contribution is -1.99. The lowest BCUT2D eigenvalue weighted by atomic mass is 10.1. The molecule has 0 saturated carbocycles. The van der Waals surface area contributed by atoms with Gasteiger partial charge in [0.25, 0.3) is 0 Å². The molecule has 0 spiro atoms. The Bertz CT molecular complexity index is 839. The van der Waals surface area contributed by atoms with Crippen molar-refractivity contribution in [1.82, 2.24) is 9.97 Å². The fourth-order valence-electron chi connectivity index (χ4n) is 2.01. The number of carbonyl (C=O) groups is 1. The molecule has 7 heteroatoms. The molecule has 1 heterocycles. The number of hydrogen-bond acceptors (Lipinski definition) is 5. The molecule has 1 aromatic heterocycles. The van der Waals surface area contributed by atoms with Crippen molar-refractivity contribution in [2.75, 3.05) is 5.32 Å². The zero-order valence-corrected chi connectivity index (χ0v) is 12.0. The number of rotatable bonds is 3. The van der Waals surface area contributed by atoms with Gasteiger partial charge in [-0.25, -0.2) is 14.8 Å². The molecule has 0 aliphatic carbocycles. The Kier molecular flexibility index (Phi) is 4.43. The van der Waals surface area contributed by atoms with E-state index in [9.17, 15) is 9.90 Å². The molecule has 0 fully saturated rings. The molecule has 0 bridgehead atoms. The van der Waals surface area contributed by atoms with Crippen molar-refractivity contribution < 1.29 is 15.0 Å². The largest absolute Gasteiger partial charge is 0.508 e. The second-order valence-corrected chi connectivity index (χ2v) is 4.43. The predicted molar refractivity (Wildman–Crippen MR) is 85.1 cm³/mol. The Morgan fingerprint density at radius 1 is 1.09 bits per heavy atom. The summed E-state index contributed by atoms with van der Waals surface area (Å²) in [7, 11) is 0. The van der Waals surface area contributed by atoms with Crippen molar-refractivity contribution in [2.24, 2.45) is 0 Å². The first-order valence-corrected chi connectivity index (χ1v) is 6.17. The Labute approximate surface area is 131 Å². The van der Waals surface area contributed by atoms with E-state index < -0.39 is 5.97 Å². The molecule has 112 valence electrons. The van der Waals surface area contributed by atoms with Gasteiger partial charge >= 0.3 is 5.97 Å². The molecule has 0 saturated heterocycles. The van der Waals surface area contributed by atoms with Crippen LogP contribution in [0.5, 0.6) is 5.75 Å². The van der Waals surface area contributed by atoms with Crippen LogP contribution in [0, 0.1) is 0 Å². The van der Waals surface area contributed by atoms with E-state index >= 15 is 0 Å². The number of nitrogens with zero attached hydrogens (tertiary/aromatic N) is 2. The highest BCUT2D eigenvalue weighted by molar-refractivity contribution is 5.97. The van der Waals surface area contributed by atoms with Crippen LogP contribution in [0.4, 0.5) is 11.5 Å². The number of aromatic nitrogens is 2.